The minimum Gasteiger partial charge on any atom is -0.380 e. The van der Waals surface area contributed by atoms with Crippen LogP contribution in [0.3, 0.4) is 0 Å². The Balaban J connectivity index is 1.58. The first-order valence-corrected chi connectivity index (χ1v) is 11.6. The second-order valence-corrected chi connectivity index (χ2v) is 9.74. The van der Waals surface area contributed by atoms with Crippen molar-refractivity contribution in [3.63, 3.8) is 0 Å². The molecule has 0 aliphatic heterocycles. The summed E-state index contributed by atoms with van der Waals surface area (Å²) >= 11 is 0. The summed E-state index contributed by atoms with van der Waals surface area (Å²) in [6, 6.07) is 9.63. The van der Waals surface area contributed by atoms with E-state index in [-0.39, 0.29) is 11.4 Å². The summed E-state index contributed by atoms with van der Waals surface area (Å²) in [6.45, 7) is 0.694. The molecule has 32 heavy (non-hydrogen) atoms. The van der Waals surface area contributed by atoms with Crippen molar-refractivity contribution in [2.75, 3.05) is 11.9 Å². The molecule has 1 heterocycles. The topological polar surface area (TPSA) is 76.0 Å². The molecule has 0 atom stereocenters. The van der Waals surface area contributed by atoms with Gasteiger partial charge in [0.1, 0.15) is 0 Å². The zero-order chi connectivity index (χ0) is 22.9. The van der Waals surface area contributed by atoms with Gasteiger partial charge in [0.25, 0.3) is 0 Å². The Bertz CT molecular complexity index is 1200. The van der Waals surface area contributed by atoms with E-state index in [9.17, 15) is 21.6 Å². The molecule has 1 aliphatic rings. The average Bonchev–Trinajstić information content (AvgIpc) is 3.49. The molecule has 4 rings (SSSR count). The van der Waals surface area contributed by atoms with Gasteiger partial charge >= 0.3 is 6.18 Å². The normalized spacial score (nSPS) is 14.5. The summed E-state index contributed by atoms with van der Waals surface area (Å²) in [6.07, 6.45) is 1.07. The van der Waals surface area contributed by atoms with Crippen LogP contribution < -0.4 is 10.0 Å². The van der Waals surface area contributed by atoms with Crippen LogP contribution in [0.2, 0.25) is 0 Å². The van der Waals surface area contributed by atoms with Gasteiger partial charge in [0.15, 0.2) is 0 Å². The largest absolute Gasteiger partial charge is 0.416 e. The van der Waals surface area contributed by atoms with Gasteiger partial charge in [-0.2, -0.15) is 13.2 Å². The highest BCUT2D eigenvalue weighted by Gasteiger charge is 2.30. The number of imidazole rings is 1. The molecule has 0 unspecified atom stereocenters. The molecule has 2 N–H and O–H groups in total. The third-order valence-corrected chi connectivity index (χ3v) is 6.73. The number of aryl methyl sites for hydroxylation is 1. The number of sulfonamides is 1. The molecule has 0 radical (unpaired) electrons. The van der Waals surface area contributed by atoms with Gasteiger partial charge in [0.05, 0.1) is 22.5 Å². The molecule has 1 saturated carbocycles. The van der Waals surface area contributed by atoms with Crippen molar-refractivity contribution in [1.82, 2.24) is 14.3 Å². The number of hydrogen-bond acceptors (Lipinski definition) is 4. The molecule has 6 nitrogen and oxygen atoms in total. The molecule has 0 bridgehead atoms. The van der Waals surface area contributed by atoms with E-state index in [4.69, 9.17) is 0 Å². The van der Waals surface area contributed by atoms with E-state index in [1.165, 1.54) is 18.2 Å². The van der Waals surface area contributed by atoms with E-state index in [1.54, 1.807) is 29.2 Å². The molecule has 1 aliphatic carbocycles. The summed E-state index contributed by atoms with van der Waals surface area (Å²) < 4.78 is 68.1. The molecule has 0 saturated heterocycles. The predicted octanol–water partition coefficient (Wildman–Crippen LogP) is 4.41. The third kappa shape index (κ3) is 5.31. The summed E-state index contributed by atoms with van der Waals surface area (Å²) in [5.41, 5.74) is 1.76. The van der Waals surface area contributed by atoms with E-state index in [2.05, 4.69) is 15.0 Å². The molecule has 0 spiro atoms. The molecule has 170 valence electrons. The Labute approximate surface area is 184 Å². The summed E-state index contributed by atoms with van der Waals surface area (Å²) in [4.78, 5) is 4.47. The quantitative estimate of drug-likeness (QED) is 0.518. The first kappa shape index (κ1) is 22.3. The predicted molar refractivity (Wildman–Crippen MR) is 115 cm³/mol. The smallest absolute Gasteiger partial charge is 0.380 e. The summed E-state index contributed by atoms with van der Waals surface area (Å²) in [5.74, 6) is 0.407. The van der Waals surface area contributed by atoms with Gasteiger partial charge in [0, 0.05) is 37.6 Å². The highest BCUT2D eigenvalue weighted by molar-refractivity contribution is 7.89. The second kappa shape index (κ2) is 8.59. The van der Waals surface area contributed by atoms with Gasteiger partial charge in [-0.3, -0.25) is 0 Å². The van der Waals surface area contributed by atoms with Crippen LogP contribution in [0, 0.1) is 5.92 Å². The number of rotatable bonds is 8. The molecule has 1 aromatic heterocycles. The zero-order valence-electron chi connectivity index (χ0n) is 17.4. The van der Waals surface area contributed by atoms with Gasteiger partial charge in [-0.05, 0) is 54.7 Å². The highest BCUT2D eigenvalue weighted by atomic mass is 32.2. The van der Waals surface area contributed by atoms with Crippen molar-refractivity contribution >= 4 is 15.7 Å². The first-order valence-electron chi connectivity index (χ1n) is 10.1. The van der Waals surface area contributed by atoms with Gasteiger partial charge in [-0.25, -0.2) is 18.1 Å². The van der Waals surface area contributed by atoms with Crippen LogP contribution in [-0.2, 0) is 29.8 Å². The lowest BCUT2D eigenvalue weighted by atomic mass is 10.1. The van der Waals surface area contributed by atoms with Crippen LogP contribution in [0.15, 0.2) is 59.9 Å². The Kier molecular flexibility index (Phi) is 6.00. The molecule has 3 aromatic rings. The summed E-state index contributed by atoms with van der Waals surface area (Å²) in [5, 5.41) is 3.19. The van der Waals surface area contributed by atoms with E-state index in [1.807, 2.05) is 7.05 Å². The van der Waals surface area contributed by atoms with Crippen molar-refractivity contribution in [1.29, 1.82) is 0 Å². The highest BCUT2D eigenvalue weighted by Crippen LogP contribution is 2.32. The van der Waals surface area contributed by atoms with Gasteiger partial charge in [-0.15, -0.1) is 0 Å². The Morgan fingerprint density at radius 3 is 2.44 bits per heavy atom. The van der Waals surface area contributed by atoms with E-state index in [0.29, 0.717) is 35.0 Å². The fraction of sp³-hybridized carbons (Fsp3) is 0.318. The van der Waals surface area contributed by atoms with Crippen LogP contribution in [-0.4, -0.2) is 24.5 Å². The van der Waals surface area contributed by atoms with E-state index >= 15 is 0 Å². The van der Waals surface area contributed by atoms with Crippen LogP contribution in [0.25, 0.3) is 11.3 Å². The molecular weight excluding hydrogens is 441 g/mol. The van der Waals surface area contributed by atoms with Crippen LogP contribution in [0.4, 0.5) is 18.9 Å². The standard InChI is InChI=1S/C22H23F3N4O2S/c1-29-13-21(27-14-29)19-10-18(32(30,31)28-12-16-2-3-16)8-9-20(19)26-11-15-4-6-17(7-5-15)22(23,24)25/h4-10,13-14,16,26,28H,2-3,11-12H2,1H3. The number of aromatic nitrogens is 2. The van der Waals surface area contributed by atoms with Crippen molar-refractivity contribution < 1.29 is 21.6 Å². The van der Waals surface area contributed by atoms with E-state index < -0.39 is 21.8 Å². The van der Waals surface area contributed by atoms with Crippen molar-refractivity contribution in [2.24, 2.45) is 13.0 Å². The second-order valence-electron chi connectivity index (χ2n) is 7.98. The number of alkyl halides is 3. The maximum atomic E-state index is 12.8. The fourth-order valence-corrected chi connectivity index (χ4v) is 4.39. The molecule has 2 aromatic carbocycles. The van der Waals surface area contributed by atoms with Crippen LogP contribution in [0.5, 0.6) is 0 Å². The number of anilines is 1. The van der Waals surface area contributed by atoms with E-state index in [0.717, 1.165) is 25.0 Å². The SMILES string of the molecule is Cn1cnc(-c2cc(S(=O)(=O)NCC3CC3)ccc2NCc2ccc(C(F)(F)F)cc2)c1. The van der Waals surface area contributed by atoms with Crippen LogP contribution in [0.1, 0.15) is 24.0 Å². The Morgan fingerprint density at radius 2 is 1.84 bits per heavy atom. The van der Waals surface area contributed by atoms with Crippen LogP contribution >= 0.6 is 0 Å². The monoisotopic (exact) mass is 464 g/mol. The maximum Gasteiger partial charge on any atom is 0.416 e. The summed E-state index contributed by atoms with van der Waals surface area (Å²) in [7, 11) is -1.85. The average molecular weight is 465 g/mol. The lowest BCUT2D eigenvalue weighted by molar-refractivity contribution is -0.137. The minimum atomic E-state index is -4.38. The number of halogens is 3. The molecule has 10 heteroatoms. The molecule has 1 fully saturated rings. The molecule has 0 amide bonds. The van der Waals surface area contributed by atoms with Gasteiger partial charge in [-0.1, -0.05) is 12.1 Å². The fourth-order valence-electron chi connectivity index (χ4n) is 3.25. The third-order valence-electron chi connectivity index (χ3n) is 5.31. The lowest BCUT2D eigenvalue weighted by Gasteiger charge is -2.14. The Morgan fingerprint density at radius 1 is 1.12 bits per heavy atom. The number of hydrogen-bond donors (Lipinski definition) is 2. The lowest BCUT2D eigenvalue weighted by Crippen LogP contribution is -2.25. The molecular formula is C22H23F3N4O2S. The minimum absolute atomic E-state index is 0.138. The number of benzene rings is 2. The van der Waals surface area contributed by atoms with Gasteiger partial charge < -0.3 is 9.88 Å². The number of nitrogens with one attached hydrogen (secondary N) is 2. The van der Waals surface area contributed by atoms with Crippen molar-refractivity contribution in [3.05, 3.63) is 66.1 Å². The van der Waals surface area contributed by atoms with Gasteiger partial charge in [0.2, 0.25) is 10.0 Å². The van der Waals surface area contributed by atoms with Crippen molar-refractivity contribution in [2.45, 2.75) is 30.5 Å². The zero-order valence-corrected chi connectivity index (χ0v) is 18.2. The maximum absolute atomic E-state index is 12.8. The van der Waals surface area contributed by atoms with Crippen molar-refractivity contribution in [3.8, 4) is 11.3 Å². The Hall–Kier alpha value is -2.85. The first-order chi connectivity index (χ1) is 15.1. The number of nitrogens with zero attached hydrogens (tertiary/aromatic N) is 2.